The summed E-state index contributed by atoms with van der Waals surface area (Å²) in [6, 6.07) is 19.0. The van der Waals surface area contributed by atoms with Gasteiger partial charge in [0, 0.05) is 29.3 Å². The summed E-state index contributed by atoms with van der Waals surface area (Å²) in [5.74, 6) is -0.431. The zero-order valence-electron chi connectivity index (χ0n) is 21.1. The predicted molar refractivity (Wildman–Crippen MR) is 145 cm³/mol. The lowest BCUT2D eigenvalue weighted by Crippen LogP contribution is -2.16. The van der Waals surface area contributed by atoms with Crippen LogP contribution >= 0.6 is 0 Å². The van der Waals surface area contributed by atoms with Crippen molar-refractivity contribution in [3.05, 3.63) is 90.1 Å². The Labute approximate surface area is 223 Å². The standard InChI is InChI=1S/C31H26F2N4O2/c32-23-10-11-25(33)24(16-23)27-13-14-28-31(35-27)37-30(36-28)22-9-12-26(34-17-22)21-7-5-20(6-8-21)19-3-1-18(2-4-19)15-29(38)39/h5-14,16-19H,1-4,15H2,(H,38,39)(H,35,36,37). The smallest absolute Gasteiger partial charge is 0.303 e. The summed E-state index contributed by atoms with van der Waals surface area (Å²) in [6.45, 7) is 0. The molecular weight excluding hydrogens is 498 g/mol. The average molecular weight is 525 g/mol. The number of halogens is 2. The van der Waals surface area contributed by atoms with E-state index in [1.54, 1.807) is 18.3 Å². The van der Waals surface area contributed by atoms with Gasteiger partial charge in [-0.2, -0.15) is 0 Å². The molecule has 0 bridgehead atoms. The highest BCUT2D eigenvalue weighted by Gasteiger charge is 2.24. The molecule has 0 atom stereocenters. The predicted octanol–water partition coefficient (Wildman–Crippen LogP) is 7.38. The van der Waals surface area contributed by atoms with Crippen LogP contribution in [0.4, 0.5) is 8.78 Å². The fraction of sp³-hybridized carbons (Fsp3) is 0.226. The number of nitrogens with zero attached hydrogens (tertiary/aromatic N) is 3. The van der Waals surface area contributed by atoms with E-state index < -0.39 is 17.6 Å². The van der Waals surface area contributed by atoms with Gasteiger partial charge < -0.3 is 10.1 Å². The molecule has 1 fully saturated rings. The second kappa shape index (κ2) is 10.4. The molecule has 6 rings (SSSR count). The SMILES string of the molecule is O=C(O)CC1CCC(c2ccc(-c3ccc(-c4nc5nc(-c6cc(F)ccc6F)ccc5[nH]4)cn3)cc2)CC1. The molecule has 39 heavy (non-hydrogen) atoms. The number of carbonyl (C=O) groups is 1. The lowest BCUT2D eigenvalue weighted by atomic mass is 9.77. The summed E-state index contributed by atoms with van der Waals surface area (Å²) in [5.41, 5.74) is 5.41. The van der Waals surface area contributed by atoms with Crippen molar-refractivity contribution >= 4 is 17.1 Å². The highest BCUT2D eigenvalue weighted by atomic mass is 19.1. The van der Waals surface area contributed by atoms with Crippen LogP contribution in [0.5, 0.6) is 0 Å². The molecule has 1 aliphatic carbocycles. The molecule has 0 radical (unpaired) electrons. The zero-order valence-corrected chi connectivity index (χ0v) is 21.1. The summed E-state index contributed by atoms with van der Waals surface area (Å²) in [4.78, 5) is 27.8. The number of nitrogens with one attached hydrogen (secondary N) is 1. The minimum Gasteiger partial charge on any atom is -0.481 e. The van der Waals surface area contributed by atoms with E-state index in [1.165, 1.54) is 5.56 Å². The first-order valence-corrected chi connectivity index (χ1v) is 13.0. The van der Waals surface area contributed by atoms with Crippen LogP contribution in [0.3, 0.4) is 0 Å². The Morgan fingerprint density at radius 2 is 1.62 bits per heavy atom. The summed E-state index contributed by atoms with van der Waals surface area (Å²) in [7, 11) is 0. The van der Waals surface area contributed by atoms with Crippen molar-refractivity contribution in [2.75, 3.05) is 0 Å². The number of H-pyrrole nitrogens is 1. The Morgan fingerprint density at radius 1 is 0.872 bits per heavy atom. The molecule has 5 aromatic rings. The molecule has 2 aromatic carbocycles. The van der Waals surface area contributed by atoms with Gasteiger partial charge in [-0.3, -0.25) is 9.78 Å². The van der Waals surface area contributed by atoms with Gasteiger partial charge in [-0.15, -0.1) is 0 Å². The van der Waals surface area contributed by atoms with E-state index >= 15 is 0 Å². The molecule has 1 aliphatic rings. The highest BCUT2D eigenvalue weighted by molar-refractivity contribution is 5.79. The summed E-state index contributed by atoms with van der Waals surface area (Å²) < 4.78 is 27.9. The van der Waals surface area contributed by atoms with Crippen LogP contribution < -0.4 is 0 Å². The lowest BCUT2D eigenvalue weighted by Gasteiger charge is -2.28. The van der Waals surface area contributed by atoms with Crippen molar-refractivity contribution in [1.82, 2.24) is 19.9 Å². The number of aromatic amines is 1. The van der Waals surface area contributed by atoms with E-state index in [-0.39, 0.29) is 12.0 Å². The fourth-order valence-electron chi connectivity index (χ4n) is 5.45. The van der Waals surface area contributed by atoms with E-state index in [0.717, 1.165) is 60.7 Å². The van der Waals surface area contributed by atoms with Crippen molar-refractivity contribution in [2.24, 2.45) is 5.92 Å². The van der Waals surface area contributed by atoms with E-state index in [2.05, 4.69) is 44.2 Å². The number of carboxylic acids is 1. The number of hydrogen-bond acceptors (Lipinski definition) is 4. The van der Waals surface area contributed by atoms with E-state index in [1.807, 2.05) is 12.1 Å². The number of aliphatic carboxylic acids is 1. The van der Waals surface area contributed by atoms with Crippen molar-refractivity contribution in [2.45, 2.75) is 38.0 Å². The van der Waals surface area contributed by atoms with Gasteiger partial charge in [-0.25, -0.2) is 18.7 Å². The molecule has 0 aliphatic heterocycles. The number of benzene rings is 2. The molecule has 0 saturated heterocycles. The molecule has 8 heteroatoms. The largest absolute Gasteiger partial charge is 0.481 e. The van der Waals surface area contributed by atoms with Crippen molar-refractivity contribution in [3.8, 4) is 33.9 Å². The van der Waals surface area contributed by atoms with E-state index in [9.17, 15) is 13.6 Å². The number of rotatable bonds is 6. The molecular formula is C31H26F2N4O2. The van der Waals surface area contributed by atoms with Crippen LogP contribution in [0.1, 0.15) is 43.6 Å². The van der Waals surface area contributed by atoms with Crippen molar-refractivity contribution in [3.63, 3.8) is 0 Å². The zero-order chi connectivity index (χ0) is 26.9. The molecule has 0 unspecified atom stereocenters. The van der Waals surface area contributed by atoms with Crippen LogP contribution in [0, 0.1) is 17.6 Å². The van der Waals surface area contributed by atoms with Crippen LogP contribution in [0.2, 0.25) is 0 Å². The number of fused-ring (bicyclic) bond motifs is 1. The molecule has 0 amide bonds. The summed E-state index contributed by atoms with van der Waals surface area (Å²) >= 11 is 0. The summed E-state index contributed by atoms with van der Waals surface area (Å²) in [5, 5.41) is 9.03. The number of imidazole rings is 1. The summed E-state index contributed by atoms with van der Waals surface area (Å²) in [6.07, 6.45) is 5.99. The van der Waals surface area contributed by atoms with Gasteiger partial charge in [0.2, 0.25) is 0 Å². The molecule has 196 valence electrons. The Bertz CT molecular complexity index is 1640. The number of carboxylic acid groups (broad SMARTS) is 1. The number of pyridine rings is 2. The third-order valence-electron chi connectivity index (χ3n) is 7.58. The molecule has 2 N–H and O–H groups in total. The van der Waals surface area contributed by atoms with Gasteiger partial charge >= 0.3 is 5.97 Å². The maximum atomic E-state index is 14.2. The quantitative estimate of drug-likeness (QED) is 0.242. The van der Waals surface area contributed by atoms with Crippen molar-refractivity contribution < 1.29 is 18.7 Å². The highest BCUT2D eigenvalue weighted by Crippen LogP contribution is 2.37. The Kier molecular flexibility index (Phi) is 6.60. The molecule has 6 nitrogen and oxygen atoms in total. The van der Waals surface area contributed by atoms with Crippen LogP contribution in [0.15, 0.2) is 72.9 Å². The minimum absolute atomic E-state index is 0.0874. The molecule has 3 aromatic heterocycles. The van der Waals surface area contributed by atoms with Crippen LogP contribution in [-0.4, -0.2) is 31.0 Å². The van der Waals surface area contributed by atoms with Gasteiger partial charge in [-0.05, 0) is 85.5 Å². The molecule has 3 heterocycles. The first-order valence-electron chi connectivity index (χ1n) is 13.0. The first kappa shape index (κ1) is 24.9. The second-order valence-electron chi connectivity index (χ2n) is 10.1. The van der Waals surface area contributed by atoms with E-state index in [4.69, 9.17) is 5.11 Å². The normalized spacial score (nSPS) is 17.4. The van der Waals surface area contributed by atoms with Gasteiger partial charge in [-0.1, -0.05) is 24.3 Å². The van der Waals surface area contributed by atoms with Gasteiger partial charge in [0.05, 0.1) is 16.9 Å². The number of hydrogen-bond donors (Lipinski definition) is 2. The van der Waals surface area contributed by atoms with Crippen molar-refractivity contribution in [1.29, 1.82) is 0 Å². The van der Waals surface area contributed by atoms with Crippen LogP contribution in [0.25, 0.3) is 45.1 Å². The Morgan fingerprint density at radius 3 is 2.33 bits per heavy atom. The van der Waals surface area contributed by atoms with Crippen LogP contribution in [-0.2, 0) is 4.79 Å². The topological polar surface area (TPSA) is 91.8 Å². The molecule has 0 spiro atoms. The lowest BCUT2D eigenvalue weighted by molar-refractivity contribution is -0.138. The maximum Gasteiger partial charge on any atom is 0.303 e. The van der Waals surface area contributed by atoms with E-state index in [0.29, 0.717) is 34.5 Å². The monoisotopic (exact) mass is 524 g/mol. The average Bonchev–Trinajstić information content (AvgIpc) is 3.38. The third kappa shape index (κ3) is 5.27. The molecule has 1 saturated carbocycles. The Balaban J connectivity index is 1.17. The van der Waals surface area contributed by atoms with Gasteiger partial charge in [0.25, 0.3) is 0 Å². The first-order chi connectivity index (χ1) is 18.9. The minimum atomic E-state index is -0.704. The Hall–Kier alpha value is -4.46. The van der Waals surface area contributed by atoms with Gasteiger partial charge in [0.1, 0.15) is 17.5 Å². The number of aromatic nitrogens is 4. The second-order valence-corrected chi connectivity index (χ2v) is 10.1. The third-order valence-corrected chi connectivity index (χ3v) is 7.58. The van der Waals surface area contributed by atoms with Gasteiger partial charge in [0.15, 0.2) is 5.65 Å². The maximum absolute atomic E-state index is 14.2. The fourth-order valence-corrected chi connectivity index (χ4v) is 5.45.